The molecule has 0 amide bonds. The van der Waals surface area contributed by atoms with Gasteiger partial charge in [-0.15, -0.1) is 10.2 Å². The monoisotopic (exact) mass is 770 g/mol. The van der Waals surface area contributed by atoms with E-state index in [1.807, 2.05) is 55.5 Å². The average Bonchev–Trinajstić information content (AvgIpc) is 3.92. The molecule has 17 nitrogen and oxygen atoms in total. The van der Waals surface area contributed by atoms with Crippen LogP contribution in [0.3, 0.4) is 0 Å². The number of carbonyl (C=O) groups is 4. The van der Waals surface area contributed by atoms with Gasteiger partial charge in [-0.25, -0.2) is 14.3 Å². The predicted octanol–water partition coefficient (Wildman–Crippen LogP) is 7.24. The Morgan fingerprint density at radius 2 is 1.02 bits per heavy atom. The molecule has 0 bridgehead atoms. The fourth-order valence-corrected chi connectivity index (χ4v) is 5.51. The number of benzene rings is 3. The van der Waals surface area contributed by atoms with Gasteiger partial charge >= 0.3 is 17.9 Å². The Labute approximate surface area is 325 Å². The number of aryl methyl sites for hydroxylation is 3. The number of rotatable bonds is 17. The molecular formula is C40H38N10O7. The molecule has 3 aromatic heterocycles. The van der Waals surface area contributed by atoms with Gasteiger partial charge in [-0.1, -0.05) is 71.0 Å². The van der Waals surface area contributed by atoms with Crippen molar-refractivity contribution in [2.45, 2.75) is 58.3 Å². The number of hydrogen-bond acceptors (Lipinski definition) is 10. The average molecular weight is 771 g/mol. The summed E-state index contributed by atoms with van der Waals surface area (Å²) in [6, 6.07) is 25.0. The molecule has 0 radical (unpaired) electrons. The molecule has 0 aliphatic rings. The van der Waals surface area contributed by atoms with Gasteiger partial charge in [-0.3, -0.25) is 19.2 Å². The van der Waals surface area contributed by atoms with E-state index in [1.54, 1.807) is 58.2 Å². The van der Waals surface area contributed by atoms with E-state index < -0.39 is 17.9 Å². The number of carbonyl (C=O) groups excluding carboxylic acids is 1. The minimum atomic E-state index is -0.845. The van der Waals surface area contributed by atoms with E-state index in [0.29, 0.717) is 66.1 Å². The van der Waals surface area contributed by atoms with Gasteiger partial charge in [0.05, 0.1) is 35.2 Å². The van der Waals surface area contributed by atoms with Crippen LogP contribution in [-0.4, -0.2) is 74.0 Å². The number of aromatic nitrogens is 7. The first-order chi connectivity index (χ1) is 27.5. The number of aliphatic carboxylic acids is 3. The highest BCUT2D eigenvalue weighted by molar-refractivity contribution is 5.97. The first-order valence-electron chi connectivity index (χ1n) is 17.9. The van der Waals surface area contributed by atoms with Gasteiger partial charge in [0.2, 0.25) is 0 Å². The van der Waals surface area contributed by atoms with Crippen molar-refractivity contribution in [2.75, 3.05) is 0 Å². The van der Waals surface area contributed by atoms with Crippen LogP contribution in [0.2, 0.25) is 0 Å². The number of carboxylic acids is 3. The Balaban J connectivity index is 0.000000374. The number of nitrogens with zero attached hydrogens (tertiary/aromatic N) is 10. The van der Waals surface area contributed by atoms with Crippen LogP contribution in [0.25, 0.3) is 44.6 Å². The van der Waals surface area contributed by atoms with Crippen molar-refractivity contribution < 1.29 is 34.5 Å². The van der Waals surface area contributed by atoms with Crippen molar-refractivity contribution in [3.63, 3.8) is 0 Å². The van der Waals surface area contributed by atoms with E-state index in [0.717, 1.165) is 28.1 Å². The largest absolute Gasteiger partial charge is 0.481 e. The number of azide groups is 1. The molecule has 6 aromatic rings. The van der Waals surface area contributed by atoms with E-state index in [1.165, 1.54) is 0 Å². The zero-order valence-corrected chi connectivity index (χ0v) is 30.8. The lowest BCUT2D eigenvalue weighted by Gasteiger charge is -2.06. The van der Waals surface area contributed by atoms with E-state index >= 15 is 0 Å². The Hall–Kier alpha value is -7.52. The summed E-state index contributed by atoms with van der Waals surface area (Å²) in [4.78, 5) is 52.3. The zero-order valence-electron chi connectivity index (χ0n) is 30.8. The third-order valence-corrected chi connectivity index (χ3v) is 8.52. The Morgan fingerprint density at radius 1 is 0.614 bits per heavy atom. The van der Waals surface area contributed by atoms with Crippen LogP contribution < -0.4 is 0 Å². The quantitative estimate of drug-likeness (QED) is 0.0359. The molecule has 0 saturated heterocycles. The summed E-state index contributed by atoms with van der Waals surface area (Å²) in [5.41, 5.74) is 15.2. The van der Waals surface area contributed by atoms with Crippen LogP contribution in [0, 0.1) is 0 Å². The summed E-state index contributed by atoms with van der Waals surface area (Å²) in [6.07, 6.45) is 6.11. The van der Waals surface area contributed by atoms with Crippen molar-refractivity contribution in [1.82, 2.24) is 35.0 Å². The van der Waals surface area contributed by atoms with E-state index in [2.05, 4.69) is 30.7 Å². The molecule has 290 valence electrons. The summed E-state index contributed by atoms with van der Waals surface area (Å²) < 4.78 is 3.18. The zero-order chi connectivity index (χ0) is 40.7. The lowest BCUT2D eigenvalue weighted by molar-refractivity contribution is -0.138. The molecule has 3 N–H and O–H groups in total. The second-order valence-electron chi connectivity index (χ2n) is 12.8. The summed E-state index contributed by atoms with van der Waals surface area (Å²) in [5, 5.41) is 46.7. The Kier molecular flexibility index (Phi) is 14.1. The van der Waals surface area contributed by atoms with Crippen LogP contribution in [0.5, 0.6) is 0 Å². The van der Waals surface area contributed by atoms with Crippen molar-refractivity contribution in [2.24, 2.45) is 5.11 Å². The van der Waals surface area contributed by atoms with Crippen LogP contribution in [0.1, 0.15) is 66.1 Å². The van der Waals surface area contributed by atoms with Crippen LogP contribution in [-0.2, 0) is 33.6 Å². The standard InChI is InChI=1S/C31H29N7O5.C9H9N3O2/c1-2-3-29(39)22-16-25(27-18-37(35-33-27)23-10-4-20(5-11-23)8-14-30(40)41)32-26(17-22)28-19-38(36-34-28)24-12-6-21(7-13-24)9-15-31(42)43;10-12-11-8-4-1-7(2-5-8)3-6-9(13)14/h4-7,10-13,16-19H,2-3,8-9,14-15H2,1H3,(H,40,41)(H,42,43);1-2,4-5H,3,6H2,(H,13,14). The molecule has 0 aliphatic carbocycles. The molecule has 0 aliphatic heterocycles. The van der Waals surface area contributed by atoms with Gasteiger partial charge in [-0.05, 0) is 84.3 Å². The summed E-state index contributed by atoms with van der Waals surface area (Å²) in [5.74, 6) is -2.53. The van der Waals surface area contributed by atoms with Gasteiger partial charge in [0.1, 0.15) is 11.4 Å². The molecule has 0 atom stereocenters. The van der Waals surface area contributed by atoms with Gasteiger partial charge in [0, 0.05) is 41.8 Å². The number of ketones is 1. The number of carboxylic acid groups (broad SMARTS) is 3. The molecule has 0 saturated carbocycles. The molecule has 0 fully saturated rings. The van der Waals surface area contributed by atoms with Gasteiger partial charge in [-0.2, -0.15) is 0 Å². The molecular weight excluding hydrogens is 733 g/mol. The summed E-state index contributed by atoms with van der Waals surface area (Å²) in [7, 11) is 0. The topological polar surface area (TPSA) is 252 Å². The van der Waals surface area contributed by atoms with E-state index in [4.69, 9.17) is 25.8 Å². The molecule has 6 rings (SSSR count). The van der Waals surface area contributed by atoms with Crippen LogP contribution in [0.4, 0.5) is 5.69 Å². The molecule has 17 heteroatoms. The van der Waals surface area contributed by atoms with Crippen LogP contribution >= 0.6 is 0 Å². The predicted molar refractivity (Wildman–Crippen MR) is 207 cm³/mol. The third-order valence-electron chi connectivity index (χ3n) is 8.52. The lowest BCUT2D eigenvalue weighted by atomic mass is 10.0. The molecule has 3 heterocycles. The Bertz CT molecular complexity index is 2260. The van der Waals surface area contributed by atoms with Crippen molar-refractivity contribution in [1.29, 1.82) is 0 Å². The molecule has 0 spiro atoms. The first-order valence-corrected chi connectivity index (χ1v) is 17.9. The normalized spacial score (nSPS) is 10.5. The maximum atomic E-state index is 12.9. The van der Waals surface area contributed by atoms with Crippen molar-refractivity contribution in [3.05, 3.63) is 130 Å². The highest BCUT2D eigenvalue weighted by Gasteiger charge is 2.17. The third kappa shape index (κ3) is 12.0. The summed E-state index contributed by atoms with van der Waals surface area (Å²) >= 11 is 0. The maximum absolute atomic E-state index is 12.9. The van der Waals surface area contributed by atoms with E-state index in [-0.39, 0.29) is 25.0 Å². The Morgan fingerprint density at radius 3 is 1.39 bits per heavy atom. The van der Waals surface area contributed by atoms with Gasteiger partial charge in [0.15, 0.2) is 5.78 Å². The van der Waals surface area contributed by atoms with E-state index in [9.17, 15) is 19.2 Å². The SMILES string of the molecule is CCCC(=O)c1cc(-c2cn(-c3ccc(CCC(=O)O)cc3)nn2)nc(-c2cn(-c3ccc(CCC(=O)O)cc3)nn2)c1.[N-]=[N+]=Nc1ccc(CCC(=O)O)cc1. The first kappa shape index (κ1) is 40.7. The molecule has 3 aromatic carbocycles. The van der Waals surface area contributed by atoms with Gasteiger partial charge in [0.25, 0.3) is 0 Å². The second-order valence-corrected chi connectivity index (χ2v) is 12.8. The minimum absolute atomic E-state index is 0.0268. The molecule has 0 unspecified atom stereocenters. The van der Waals surface area contributed by atoms with Gasteiger partial charge < -0.3 is 15.3 Å². The number of hydrogen-bond donors (Lipinski definition) is 3. The second kappa shape index (κ2) is 19.7. The highest BCUT2D eigenvalue weighted by atomic mass is 16.4. The smallest absolute Gasteiger partial charge is 0.303 e. The lowest BCUT2D eigenvalue weighted by Crippen LogP contribution is -2.01. The maximum Gasteiger partial charge on any atom is 0.303 e. The summed E-state index contributed by atoms with van der Waals surface area (Å²) in [6.45, 7) is 1.94. The minimum Gasteiger partial charge on any atom is -0.481 e. The van der Waals surface area contributed by atoms with Crippen molar-refractivity contribution in [3.8, 4) is 34.2 Å². The fourth-order valence-electron chi connectivity index (χ4n) is 5.51. The number of pyridine rings is 1. The van der Waals surface area contributed by atoms with Crippen LogP contribution in [0.15, 0.2) is 102 Å². The highest BCUT2D eigenvalue weighted by Crippen LogP contribution is 2.25. The van der Waals surface area contributed by atoms with Crippen molar-refractivity contribution >= 4 is 29.4 Å². The number of Topliss-reactive ketones (excluding diaryl/α,β-unsaturated/α-hetero) is 1. The fraction of sp³-hybridized carbons (Fsp3) is 0.225. The molecule has 57 heavy (non-hydrogen) atoms.